The van der Waals surface area contributed by atoms with E-state index in [4.69, 9.17) is 11.6 Å². The third-order valence-corrected chi connectivity index (χ3v) is 0.498. The zero-order valence-corrected chi connectivity index (χ0v) is 5.38. The van der Waals surface area contributed by atoms with Gasteiger partial charge in [0.2, 0.25) is 0 Å². The standard InChI is InChI=1S/C4H4ClNS/c1-4(5)2-6-3-7/h2H,1H3. The Morgan fingerprint density at radius 2 is 2.57 bits per heavy atom. The third kappa shape index (κ3) is 5.83. The number of rotatable bonds is 1. The summed E-state index contributed by atoms with van der Waals surface area (Å²) in [5.41, 5.74) is 0. The Morgan fingerprint density at radius 3 is 2.71 bits per heavy atom. The van der Waals surface area contributed by atoms with E-state index >= 15 is 0 Å². The molecule has 0 amide bonds. The molecular weight excluding hydrogens is 130 g/mol. The topological polar surface area (TPSA) is 12.4 Å². The molecule has 0 fully saturated rings. The normalized spacial score (nSPS) is 10.3. The highest BCUT2D eigenvalue weighted by Crippen LogP contribution is 1.95. The van der Waals surface area contributed by atoms with Crippen molar-refractivity contribution in [1.82, 2.24) is 0 Å². The average molecular weight is 134 g/mol. The van der Waals surface area contributed by atoms with E-state index in [2.05, 4.69) is 22.4 Å². The maximum Gasteiger partial charge on any atom is 0.0635 e. The van der Waals surface area contributed by atoms with E-state index in [9.17, 15) is 0 Å². The van der Waals surface area contributed by atoms with Gasteiger partial charge in [0.25, 0.3) is 0 Å². The maximum atomic E-state index is 5.34. The van der Waals surface area contributed by atoms with Crippen LogP contribution in [0.4, 0.5) is 0 Å². The monoisotopic (exact) mass is 133 g/mol. The number of thiocarbonyl (C=S) groups is 1. The smallest absolute Gasteiger partial charge is 0.0635 e. The molecule has 38 valence electrons. The predicted octanol–water partition coefficient (Wildman–Crippen LogP) is 2.19. The summed E-state index contributed by atoms with van der Waals surface area (Å²) in [5.74, 6) is 0. The van der Waals surface area contributed by atoms with Gasteiger partial charge in [-0.15, -0.1) is 0 Å². The lowest BCUT2D eigenvalue weighted by Crippen LogP contribution is -1.51. The third-order valence-electron chi connectivity index (χ3n) is 0.295. The second-order valence-corrected chi connectivity index (χ2v) is 1.72. The number of halogens is 1. The van der Waals surface area contributed by atoms with E-state index < -0.39 is 0 Å². The van der Waals surface area contributed by atoms with Gasteiger partial charge in [-0.05, 0) is 19.1 Å². The van der Waals surface area contributed by atoms with E-state index in [1.165, 1.54) is 6.20 Å². The first-order valence-electron chi connectivity index (χ1n) is 1.66. The van der Waals surface area contributed by atoms with E-state index in [-0.39, 0.29) is 0 Å². The van der Waals surface area contributed by atoms with Crippen molar-refractivity contribution in [2.75, 3.05) is 0 Å². The summed E-state index contributed by atoms with van der Waals surface area (Å²) >= 11 is 9.59. The first kappa shape index (κ1) is 6.83. The van der Waals surface area contributed by atoms with Crippen molar-refractivity contribution in [2.45, 2.75) is 6.92 Å². The molecule has 0 aliphatic rings. The van der Waals surface area contributed by atoms with Crippen LogP contribution in [0.1, 0.15) is 6.92 Å². The predicted molar refractivity (Wildman–Crippen MR) is 34.6 cm³/mol. The highest BCUT2D eigenvalue weighted by atomic mass is 35.5. The highest BCUT2D eigenvalue weighted by molar-refractivity contribution is 7.78. The van der Waals surface area contributed by atoms with Gasteiger partial charge in [0, 0.05) is 5.03 Å². The first-order valence-corrected chi connectivity index (χ1v) is 2.45. The Bertz CT molecular complexity index is 120. The molecule has 0 aromatic carbocycles. The van der Waals surface area contributed by atoms with Gasteiger partial charge in [0.05, 0.1) is 11.4 Å². The Kier molecular flexibility index (Phi) is 3.90. The zero-order valence-electron chi connectivity index (χ0n) is 3.81. The van der Waals surface area contributed by atoms with Gasteiger partial charge >= 0.3 is 0 Å². The lowest BCUT2D eigenvalue weighted by atomic mass is 10.7. The van der Waals surface area contributed by atoms with Crippen LogP contribution in [-0.4, -0.2) is 5.16 Å². The largest absolute Gasteiger partial charge is 0.202 e. The van der Waals surface area contributed by atoms with Crippen LogP contribution in [-0.2, 0) is 0 Å². The quantitative estimate of drug-likeness (QED) is 0.395. The van der Waals surface area contributed by atoms with E-state index in [0.717, 1.165) is 0 Å². The van der Waals surface area contributed by atoms with Crippen molar-refractivity contribution in [1.29, 1.82) is 0 Å². The highest BCUT2D eigenvalue weighted by Gasteiger charge is 1.69. The summed E-state index contributed by atoms with van der Waals surface area (Å²) < 4.78 is 0. The molecule has 0 aliphatic carbocycles. The Balaban J connectivity index is 3.69. The average Bonchev–Trinajstić information content (AvgIpc) is 1.61. The Hall–Kier alpha value is -0.170. The molecule has 7 heavy (non-hydrogen) atoms. The van der Waals surface area contributed by atoms with Gasteiger partial charge < -0.3 is 0 Å². The molecule has 1 nitrogen and oxygen atoms in total. The van der Waals surface area contributed by atoms with Crippen molar-refractivity contribution >= 4 is 29.0 Å². The summed E-state index contributed by atoms with van der Waals surface area (Å²) in [6.45, 7) is 1.72. The molecule has 0 radical (unpaired) electrons. The maximum absolute atomic E-state index is 5.34. The summed E-state index contributed by atoms with van der Waals surface area (Å²) in [7, 11) is 0. The van der Waals surface area contributed by atoms with Crippen LogP contribution in [0.15, 0.2) is 16.2 Å². The molecule has 0 spiro atoms. The molecule has 0 saturated heterocycles. The minimum absolute atomic E-state index is 0.609. The fourth-order valence-corrected chi connectivity index (χ4v) is 0.217. The molecule has 0 aromatic heterocycles. The van der Waals surface area contributed by atoms with Gasteiger partial charge in [0.1, 0.15) is 0 Å². The number of nitrogens with zero attached hydrogens (tertiary/aromatic N) is 1. The van der Waals surface area contributed by atoms with Gasteiger partial charge in [0.15, 0.2) is 0 Å². The number of aliphatic imine (C=N–C) groups is 1. The summed E-state index contributed by atoms with van der Waals surface area (Å²) in [4.78, 5) is 3.44. The SMILES string of the molecule is CC(Cl)=CN=C=S. The first-order chi connectivity index (χ1) is 3.27. The molecule has 0 heterocycles. The number of hydrogen-bond donors (Lipinski definition) is 0. The summed E-state index contributed by atoms with van der Waals surface area (Å²) in [5, 5.41) is 2.76. The number of allylic oxidation sites excluding steroid dienone is 1. The Labute approximate surface area is 52.7 Å². The molecule has 0 N–H and O–H groups in total. The van der Waals surface area contributed by atoms with Gasteiger partial charge in [-0.2, -0.15) is 0 Å². The molecule has 0 saturated carbocycles. The molecule has 0 rings (SSSR count). The minimum atomic E-state index is 0.609. The van der Waals surface area contributed by atoms with Crippen LogP contribution in [0.2, 0.25) is 0 Å². The summed E-state index contributed by atoms with van der Waals surface area (Å²) in [6.07, 6.45) is 1.44. The van der Waals surface area contributed by atoms with Crippen molar-refractivity contribution in [3.63, 3.8) is 0 Å². The van der Waals surface area contributed by atoms with E-state index in [1.54, 1.807) is 6.92 Å². The van der Waals surface area contributed by atoms with E-state index in [1.807, 2.05) is 0 Å². The molecule has 0 aromatic rings. The molecular formula is C4H4ClNS. The molecule has 0 bridgehead atoms. The number of hydrogen-bond acceptors (Lipinski definition) is 2. The number of isothiocyanates is 1. The van der Waals surface area contributed by atoms with Crippen LogP contribution in [0.5, 0.6) is 0 Å². The molecule has 3 heteroatoms. The second kappa shape index (κ2) is 4.00. The van der Waals surface area contributed by atoms with Gasteiger partial charge in [-0.25, -0.2) is 4.99 Å². The van der Waals surface area contributed by atoms with Crippen molar-refractivity contribution in [2.24, 2.45) is 4.99 Å². The van der Waals surface area contributed by atoms with Crippen LogP contribution < -0.4 is 0 Å². The lowest BCUT2D eigenvalue weighted by Gasteiger charge is -1.72. The van der Waals surface area contributed by atoms with Crippen LogP contribution >= 0.6 is 23.8 Å². The van der Waals surface area contributed by atoms with Gasteiger partial charge in [-0.1, -0.05) is 11.6 Å². The lowest BCUT2D eigenvalue weighted by molar-refractivity contribution is 1.52. The van der Waals surface area contributed by atoms with Crippen molar-refractivity contribution in [3.8, 4) is 0 Å². The molecule has 0 unspecified atom stereocenters. The Morgan fingerprint density at radius 1 is 2.00 bits per heavy atom. The second-order valence-electron chi connectivity index (χ2n) is 0.936. The van der Waals surface area contributed by atoms with Crippen LogP contribution in [0.25, 0.3) is 0 Å². The van der Waals surface area contributed by atoms with Gasteiger partial charge in [-0.3, -0.25) is 0 Å². The van der Waals surface area contributed by atoms with Crippen LogP contribution in [0, 0.1) is 0 Å². The minimum Gasteiger partial charge on any atom is -0.202 e. The summed E-state index contributed by atoms with van der Waals surface area (Å²) in [6, 6.07) is 0. The fourth-order valence-electron chi connectivity index (χ4n) is 0.115. The molecule has 0 aliphatic heterocycles. The fraction of sp³-hybridized carbons (Fsp3) is 0.250. The zero-order chi connectivity index (χ0) is 5.70. The van der Waals surface area contributed by atoms with Crippen molar-refractivity contribution in [3.05, 3.63) is 11.2 Å². The van der Waals surface area contributed by atoms with Crippen molar-refractivity contribution < 1.29 is 0 Å². The van der Waals surface area contributed by atoms with E-state index in [0.29, 0.717) is 5.03 Å². The van der Waals surface area contributed by atoms with Crippen LogP contribution in [0.3, 0.4) is 0 Å². The molecule has 0 atom stereocenters.